The summed E-state index contributed by atoms with van der Waals surface area (Å²) in [7, 11) is 0. The zero-order valence-electron chi connectivity index (χ0n) is 10.2. The number of carbonyl (C=O) groups excluding carboxylic acids is 1. The normalized spacial score (nSPS) is 24.1. The zero-order chi connectivity index (χ0) is 13.3. The second kappa shape index (κ2) is 4.63. The number of H-pyrrole nitrogens is 1. The van der Waals surface area contributed by atoms with Gasteiger partial charge in [-0.2, -0.15) is 0 Å². The number of aromatic nitrogens is 3. The Hall–Kier alpha value is -2.12. The number of nitrogens with one attached hydrogen (secondary N) is 1. The molecule has 1 saturated heterocycles. The molecular formula is C10H15N5O3. The number of rotatable bonds is 1. The van der Waals surface area contributed by atoms with E-state index in [2.05, 4.69) is 15.4 Å². The first-order valence-electron chi connectivity index (χ1n) is 5.67. The van der Waals surface area contributed by atoms with Crippen molar-refractivity contribution in [2.24, 2.45) is 0 Å². The van der Waals surface area contributed by atoms with Crippen molar-refractivity contribution in [1.82, 2.24) is 25.2 Å². The van der Waals surface area contributed by atoms with E-state index >= 15 is 0 Å². The Labute approximate surface area is 104 Å². The average Bonchev–Trinajstić information content (AvgIpc) is 2.84. The van der Waals surface area contributed by atoms with Crippen molar-refractivity contribution in [1.29, 1.82) is 0 Å². The highest BCUT2D eigenvalue weighted by atomic mass is 16.4. The van der Waals surface area contributed by atoms with Gasteiger partial charge in [-0.15, -0.1) is 5.10 Å². The first-order chi connectivity index (χ1) is 8.50. The maximum absolute atomic E-state index is 12.1. The third-order valence-electron chi connectivity index (χ3n) is 3.14. The summed E-state index contributed by atoms with van der Waals surface area (Å²) in [4.78, 5) is 26.1. The summed E-state index contributed by atoms with van der Waals surface area (Å²) in [6.07, 6.45) is 0.410. The standard InChI is InChI=1S/C10H15N5O3/c1-6-5-15(10(17)18)7(2)4-14(6)9(16)8-3-11-13-12-8/h3,6-7H,4-5H2,1-2H3,(H,17,18)(H,11,12,13)/t6-,7+/m0/s1. The molecule has 1 aromatic rings. The highest BCUT2D eigenvalue weighted by molar-refractivity contribution is 5.92. The summed E-state index contributed by atoms with van der Waals surface area (Å²) in [5.41, 5.74) is 0.317. The highest BCUT2D eigenvalue weighted by Crippen LogP contribution is 2.17. The lowest BCUT2D eigenvalue weighted by Gasteiger charge is -2.42. The molecule has 1 aromatic heterocycles. The molecule has 2 rings (SSSR count). The fourth-order valence-electron chi connectivity index (χ4n) is 2.13. The molecule has 8 heteroatoms. The van der Waals surface area contributed by atoms with E-state index < -0.39 is 6.09 Å². The van der Waals surface area contributed by atoms with E-state index in [1.807, 2.05) is 6.92 Å². The molecule has 0 bridgehead atoms. The second-order valence-electron chi connectivity index (χ2n) is 4.46. The lowest BCUT2D eigenvalue weighted by Crippen LogP contribution is -2.59. The Kier molecular flexibility index (Phi) is 3.17. The van der Waals surface area contributed by atoms with Gasteiger partial charge in [0.1, 0.15) is 5.69 Å². The van der Waals surface area contributed by atoms with Crippen molar-refractivity contribution in [3.8, 4) is 0 Å². The molecule has 0 unspecified atom stereocenters. The van der Waals surface area contributed by atoms with E-state index in [1.165, 1.54) is 11.1 Å². The molecule has 0 spiro atoms. The van der Waals surface area contributed by atoms with Crippen molar-refractivity contribution in [2.75, 3.05) is 13.1 Å². The molecule has 98 valence electrons. The van der Waals surface area contributed by atoms with Crippen LogP contribution in [0.3, 0.4) is 0 Å². The predicted octanol–water partition coefficient (Wildman–Crippen LogP) is 0.0175. The van der Waals surface area contributed by atoms with Gasteiger partial charge in [-0.3, -0.25) is 9.89 Å². The summed E-state index contributed by atoms with van der Waals surface area (Å²) in [5, 5.41) is 18.6. The number of piperazine rings is 1. The maximum Gasteiger partial charge on any atom is 0.407 e. The van der Waals surface area contributed by atoms with Gasteiger partial charge >= 0.3 is 6.09 Å². The topological polar surface area (TPSA) is 102 Å². The number of nitrogens with zero attached hydrogens (tertiary/aromatic N) is 4. The van der Waals surface area contributed by atoms with Crippen molar-refractivity contribution >= 4 is 12.0 Å². The smallest absolute Gasteiger partial charge is 0.407 e. The summed E-state index contributed by atoms with van der Waals surface area (Å²) < 4.78 is 0. The quantitative estimate of drug-likeness (QED) is 0.734. The number of aromatic amines is 1. The zero-order valence-corrected chi connectivity index (χ0v) is 10.2. The van der Waals surface area contributed by atoms with Gasteiger partial charge in [-0.1, -0.05) is 5.21 Å². The van der Waals surface area contributed by atoms with Crippen molar-refractivity contribution in [2.45, 2.75) is 25.9 Å². The Balaban J connectivity index is 2.12. The minimum absolute atomic E-state index is 0.173. The molecule has 0 radical (unpaired) electrons. The van der Waals surface area contributed by atoms with Gasteiger partial charge in [0.25, 0.3) is 5.91 Å². The van der Waals surface area contributed by atoms with Crippen LogP contribution in [0.25, 0.3) is 0 Å². The van der Waals surface area contributed by atoms with Crippen LogP contribution in [0.2, 0.25) is 0 Å². The van der Waals surface area contributed by atoms with Crippen molar-refractivity contribution < 1.29 is 14.7 Å². The van der Waals surface area contributed by atoms with E-state index in [0.29, 0.717) is 18.8 Å². The van der Waals surface area contributed by atoms with Crippen LogP contribution in [-0.4, -0.2) is 67.5 Å². The molecule has 1 aliphatic heterocycles. The van der Waals surface area contributed by atoms with E-state index in [9.17, 15) is 9.59 Å². The maximum atomic E-state index is 12.1. The Morgan fingerprint density at radius 1 is 1.33 bits per heavy atom. The molecule has 2 amide bonds. The number of carboxylic acid groups (broad SMARTS) is 1. The number of amides is 2. The van der Waals surface area contributed by atoms with Crippen molar-refractivity contribution in [3.63, 3.8) is 0 Å². The van der Waals surface area contributed by atoms with Crippen LogP contribution in [0.5, 0.6) is 0 Å². The predicted molar refractivity (Wildman–Crippen MR) is 61.1 cm³/mol. The van der Waals surface area contributed by atoms with Gasteiger partial charge in [0, 0.05) is 25.2 Å². The fraction of sp³-hybridized carbons (Fsp3) is 0.600. The average molecular weight is 253 g/mol. The molecule has 1 aliphatic rings. The van der Waals surface area contributed by atoms with Gasteiger partial charge in [-0.25, -0.2) is 4.79 Å². The number of hydrogen-bond acceptors (Lipinski definition) is 4. The van der Waals surface area contributed by atoms with Crippen LogP contribution in [-0.2, 0) is 0 Å². The van der Waals surface area contributed by atoms with E-state index in [0.717, 1.165) is 0 Å². The molecule has 0 aliphatic carbocycles. The van der Waals surface area contributed by atoms with Gasteiger partial charge < -0.3 is 14.9 Å². The van der Waals surface area contributed by atoms with Gasteiger partial charge in [-0.05, 0) is 13.8 Å². The van der Waals surface area contributed by atoms with Crippen molar-refractivity contribution in [3.05, 3.63) is 11.9 Å². The summed E-state index contributed by atoms with van der Waals surface area (Å²) >= 11 is 0. The third-order valence-corrected chi connectivity index (χ3v) is 3.14. The Morgan fingerprint density at radius 2 is 1.94 bits per heavy atom. The first-order valence-corrected chi connectivity index (χ1v) is 5.67. The highest BCUT2D eigenvalue weighted by Gasteiger charge is 2.35. The fourth-order valence-corrected chi connectivity index (χ4v) is 2.13. The summed E-state index contributed by atoms with van der Waals surface area (Å²) in [6, 6.07) is -0.397. The summed E-state index contributed by atoms with van der Waals surface area (Å²) in [6.45, 7) is 4.28. The monoisotopic (exact) mass is 253 g/mol. The largest absolute Gasteiger partial charge is 0.465 e. The Morgan fingerprint density at radius 3 is 2.50 bits per heavy atom. The molecule has 8 nitrogen and oxygen atoms in total. The lowest BCUT2D eigenvalue weighted by atomic mass is 10.1. The molecule has 0 aromatic carbocycles. The van der Waals surface area contributed by atoms with Gasteiger partial charge in [0.05, 0.1) is 6.20 Å². The molecule has 1 fully saturated rings. The summed E-state index contributed by atoms with van der Waals surface area (Å²) in [5.74, 6) is -0.204. The second-order valence-corrected chi connectivity index (χ2v) is 4.46. The van der Waals surface area contributed by atoms with E-state index in [4.69, 9.17) is 5.11 Å². The van der Waals surface area contributed by atoms with Crippen LogP contribution in [0, 0.1) is 0 Å². The molecule has 2 atom stereocenters. The van der Waals surface area contributed by atoms with E-state index in [-0.39, 0.29) is 18.0 Å². The molecule has 0 saturated carbocycles. The number of carbonyl (C=O) groups is 2. The lowest BCUT2D eigenvalue weighted by molar-refractivity contribution is 0.0325. The molecule has 2 N–H and O–H groups in total. The first kappa shape index (κ1) is 12.3. The third kappa shape index (κ3) is 2.13. The van der Waals surface area contributed by atoms with Crippen LogP contribution in [0.4, 0.5) is 4.79 Å². The minimum Gasteiger partial charge on any atom is -0.465 e. The SMILES string of the molecule is C[C@@H]1CN(C(=O)c2cnn[nH]2)[C@@H](C)CN1C(=O)O. The minimum atomic E-state index is -0.954. The number of hydrogen-bond donors (Lipinski definition) is 2. The van der Waals surface area contributed by atoms with Crippen LogP contribution < -0.4 is 0 Å². The van der Waals surface area contributed by atoms with Crippen LogP contribution in [0.1, 0.15) is 24.3 Å². The van der Waals surface area contributed by atoms with Crippen LogP contribution in [0.15, 0.2) is 6.20 Å². The van der Waals surface area contributed by atoms with E-state index in [1.54, 1.807) is 11.8 Å². The Bertz CT molecular complexity index is 446. The van der Waals surface area contributed by atoms with Gasteiger partial charge in [0.2, 0.25) is 0 Å². The molecule has 2 heterocycles. The van der Waals surface area contributed by atoms with Crippen LogP contribution >= 0.6 is 0 Å². The molecular weight excluding hydrogens is 238 g/mol. The molecule has 18 heavy (non-hydrogen) atoms. The van der Waals surface area contributed by atoms with Gasteiger partial charge in [0.15, 0.2) is 0 Å².